The lowest BCUT2D eigenvalue weighted by Gasteiger charge is -2.54. The normalized spacial score (nSPS) is 20.6. The lowest BCUT2D eigenvalue weighted by Crippen LogP contribution is -2.58. The molecule has 310 valence electrons. The number of aromatic nitrogens is 5. The molecule has 61 heavy (non-hydrogen) atoms. The number of aliphatic hydroxyl groups is 1. The average molecular weight is 822 g/mol. The molecule has 2 aliphatic carbocycles. The molecule has 1 fully saturated rings. The van der Waals surface area contributed by atoms with Crippen LogP contribution in [0.15, 0.2) is 129 Å². The first kappa shape index (κ1) is 39.4. The van der Waals surface area contributed by atoms with Crippen LogP contribution in [0.3, 0.4) is 0 Å². The first-order valence-corrected chi connectivity index (χ1v) is 20.1. The highest BCUT2D eigenvalue weighted by Crippen LogP contribution is 2.62. The number of carbonyl (C=O) groups is 2. The van der Waals surface area contributed by atoms with Gasteiger partial charge in [-0.25, -0.2) is 28.5 Å². The third kappa shape index (κ3) is 6.11. The van der Waals surface area contributed by atoms with Crippen LogP contribution < -0.4 is 31.1 Å². The van der Waals surface area contributed by atoms with Crippen LogP contribution in [0.4, 0.5) is 0 Å². The van der Waals surface area contributed by atoms with Crippen LogP contribution in [0.25, 0.3) is 16.6 Å². The lowest BCUT2D eigenvalue weighted by molar-refractivity contribution is -0.133. The minimum absolute atomic E-state index is 0.00344. The summed E-state index contributed by atoms with van der Waals surface area (Å²) in [6.45, 7) is -0.415. The van der Waals surface area contributed by atoms with Crippen molar-refractivity contribution in [3.05, 3.63) is 168 Å². The Morgan fingerprint density at radius 3 is 2.25 bits per heavy atom. The Labute approximate surface area is 349 Å². The quantitative estimate of drug-likeness (QED) is 0.188. The van der Waals surface area contributed by atoms with Crippen LogP contribution >= 0.6 is 0 Å². The maximum atomic E-state index is 15.3. The number of ketones is 2. The largest absolute Gasteiger partial charge is 0.493 e. The van der Waals surface area contributed by atoms with Gasteiger partial charge in [0.15, 0.2) is 23.1 Å². The van der Waals surface area contributed by atoms with Crippen molar-refractivity contribution < 1.29 is 28.9 Å². The standard InChI is InChI=1S/C47H43N5O9/c1-49-37-27-40(60-3)39(59-2)26-35(37)48-34(44(49)56)19-20-50-45(57)51-21-18-30-36(52(51)46(50)58)25-33-43(55)32(28-12-6-4-7-13-28)24-41(54)47(33,29-14-8-5-9-15-29)42(30)31-16-10-11-17-38(31)61-23-22-53/h4-18,24,26-27,33,36,42,53H,19-23,25H2,1-3H3/t33-,36+,42+,47-/m0/s1. The van der Waals surface area contributed by atoms with Crippen molar-refractivity contribution in [2.45, 2.75) is 43.3 Å². The maximum Gasteiger partial charge on any atom is 0.347 e. The van der Waals surface area contributed by atoms with Crippen molar-refractivity contribution in [1.29, 1.82) is 0 Å². The van der Waals surface area contributed by atoms with Crippen LogP contribution in [0.5, 0.6) is 17.2 Å². The summed E-state index contributed by atoms with van der Waals surface area (Å²) >= 11 is 0. The zero-order valence-electron chi connectivity index (χ0n) is 33.8. The van der Waals surface area contributed by atoms with Gasteiger partial charge in [-0.2, -0.15) is 0 Å². The van der Waals surface area contributed by atoms with Gasteiger partial charge in [-0.05, 0) is 35.3 Å². The first-order chi connectivity index (χ1) is 29.6. The topological polar surface area (TPSA) is 166 Å². The highest BCUT2D eigenvalue weighted by molar-refractivity contribution is 6.31. The predicted molar refractivity (Wildman–Crippen MR) is 226 cm³/mol. The van der Waals surface area contributed by atoms with E-state index in [-0.39, 0.29) is 62.0 Å². The van der Waals surface area contributed by atoms with E-state index >= 15 is 9.59 Å². The molecule has 6 aromatic rings. The number of hydrogen-bond acceptors (Lipinski definition) is 10. The monoisotopic (exact) mass is 821 g/mol. The van der Waals surface area contributed by atoms with E-state index in [1.165, 1.54) is 34.2 Å². The molecule has 4 aromatic carbocycles. The minimum atomic E-state index is -1.47. The van der Waals surface area contributed by atoms with Crippen LogP contribution in [-0.4, -0.2) is 67.6 Å². The van der Waals surface area contributed by atoms with Crippen LogP contribution in [0, 0.1) is 5.92 Å². The summed E-state index contributed by atoms with van der Waals surface area (Å²) in [5, 5.41) is 9.80. The third-order valence-electron chi connectivity index (χ3n) is 12.5. The van der Waals surface area contributed by atoms with Crippen molar-refractivity contribution in [1.82, 2.24) is 23.5 Å². The van der Waals surface area contributed by atoms with Gasteiger partial charge >= 0.3 is 11.4 Å². The highest BCUT2D eigenvalue weighted by atomic mass is 16.5. The van der Waals surface area contributed by atoms with Crippen LogP contribution in [0.1, 0.15) is 40.8 Å². The second-order valence-electron chi connectivity index (χ2n) is 15.5. The van der Waals surface area contributed by atoms with Gasteiger partial charge in [0.25, 0.3) is 5.56 Å². The zero-order valence-corrected chi connectivity index (χ0v) is 33.8. The summed E-state index contributed by atoms with van der Waals surface area (Å²) in [6.07, 6.45) is 3.36. The Hall–Kier alpha value is -7.06. The number of aliphatic hydroxyl groups excluding tert-OH is 1. The van der Waals surface area contributed by atoms with Crippen molar-refractivity contribution in [3.63, 3.8) is 0 Å². The minimum Gasteiger partial charge on any atom is -0.493 e. The lowest BCUT2D eigenvalue weighted by atomic mass is 9.47. The number of Topliss-reactive ketones (excluding diaryl/α,β-unsaturated/α-hetero) is 1. The van der Waals surface area contributed by atoms with Gasteiger partial charge in [-0.3, -0.25) is 14.4 Å². The second kappa shape index (κ2) is 15.5. The van der Waals surface area contributed by atoms with Crippen molar-refractivity contribution in [2.24, 2.45) is 13.0 Å². The second-order valence-corrected chi connectivity index (χ2v) is 15.5. The fraction of sp³-hybridized carbons (Fsp3) is 0.277. The van der Waals surface area contributed by atoms with E-state index in [0.29, 0.717) is 50.5 Å². The molecule has 14 heteroatoms. The van der Waals surface area contributed by atoms with Crippen molar-refractivity contribution >= 4 is 28.2 Å². The van der Waals surface area contributed by atoms with Gasteiger partial charge in [0.05, 0.1) is 49.9 Å². The van der Waals surface area contributed by atoms with Crippen molar-refractivity contribution in [2.75, 3.05) is 27.4 Å². The summed E-state index contributed by atoms with van der Waals surface area (Å²) in [7, 11) is 4.62. The van der Waals surface area contributed by atoms with Crippen LogP contribution in [0.2, 0.25) is 0 Å². The summed E-state index contributed by atoms with van der Waals surface area (Å²) in [5.74, 6) is -1.06. The number of para-hydroxylation sites is 1. The van der Waals surface area contributed by atoms with E-state index in [1.807, 2.05) is 66.7 Å². The number of ether oxygens (including phenoxy) is 3. The molecule has 14 nitrogen and oxygen atoms in total. The highest BCUT2D eigenvalue weighted by Gasteiger charge is 2.63. The summed E-state index contributed by atoms with van der Waals surface area (Å²) < 4.78 is 22.3. The Morgan fingerprint density at radius 1 is 0.836 bits per heavy atom. The molecule has 1 aliphatic heterocycles. The number of nitrogens with zero attached hydrogens (tertiary/aromatic N) is 5. The number of benzene rings is 4. The average Bonchev–Trinajstić information content (AvgIpc) is 3.54. The molecule has 0 amide bonds. The summed E-state index contributed by atoms with van der Waals surface area (Å²) in [5.41, 5.74) is 0.882. The number of fused-ring (bicyclic) bond motifs is 5. The van der Waals surface area contributed by atoms with E-state index in [1.54, 1.807) is 43.4 Å². The number of hydrogen-bond donors (Lipinski definition) is 1. The number of methoxy groups -OCH3 is 2. The predicted octanol–water partition coefficient (Wildman–Crippen LogP) is 4.15. The number of carbonyl (C=O) groups excluding carboxylic acids is 2. The van der Waals surface area contributed by atoms with Gasteiger partial charge < -0.3 is 23.9 Å². The molecule has 2 aromatic heterocycles. The van der Waals surface area contributed by atoms with Crippen LogP contribution in [-0.2, 0) is 41.6 Å². The molecule has 9 rings (SSSR count). The van der Waals surface area contributed by atoms with E-state index in [2.05, 4.69) is 4.98 Å². The number of rotatable bonds is 11. The number of allylic oxidation sites excluding steroid dienone is 4. The summed E-state index contributed by atoms with van der Waals surface area (Å²) in [6, 6.07) is 28.1. The Kier molecular flexibility index (Phi) is 10.0. The fourth-order valence-corrected chi connectivity index (χ4v) is 9.82. The van der Waals surface area contributed by atoms with E-state index in [4.69, 9.17) is 14.2 Å². The Bertz CT molecular complexity index is 2980. The molecule has 3 aliphatic rings. The molecule has 0 spiro atoms. The van der Waals surface area contributed by atoms with Gasteiger partial charge in [-0.1, -0.05) is 84.9 Å². The third-order valence-corrected chi connectivity index (χ3v) is 12.5. The molecule has 4 atom stereocenters. The SMILES string of the molecule is COc1cc2nc(CCn3c(=O)n4n(c3=O)[C@@H]3C[C@H]5C(=O)C(c6ccccc6)=CC(=O)[C@@]5(c5ccccc5)[C@@H](c5ccccc5OCCO)C3=CC4)c(=O)n(C)c2cc1OC. The molecular formula is C47H43N5O9. The van der Waals surface area contributed by atoms with E-state index in [9.17, 15) is 19.5 Å². The molecule has 1 saturated carbocycles. The van der Waals surface area contributed by atoms with Crippen molar-refractivity contribution in [3.8, 4) is 17.2 Å². The Morgan fingerprint density at radius 2 is 1.52 bits per heavy atom. The van der Waals surface area contributed by atoms with E-state index in [0.717, 1.165) is 4.57 Å². The van der Waals surface area contributed by atoms with E-state index < -0.39 is 40.2 Å². The van der Waals surface area contributed by atoms with Gasteiger partial charge in [0.2, 0.25) is 0 Å². The molecule has 0 saturated heterocycles. The molecular weight excluding hydrogens is 779 g/mol. The zero-order chi connectivity index (χ0) is 42.6. The van der Waals surface area contributed by atoms with Gasteiger partial charge in [0, 0.05) is 55.1 Å². The smallest absolute Gasteiger partial charge is 0.347 e. The molecule has 1 N–H and O–H groups in total. The molecule has 0 bridgehead atoms. The van der Waals surface area contributed by atoms with Gasteiger partial charge in [-0.15, -0.1) is 0 Å². The molecule has 3 heterocycles. The van der Waals surface area contributed by atoms with Gasteiger partial charge in [0.1, 0.15) is 18.1 Å². The number of aryl methyl sites for hydroxylation is 2. The Balaban J connectivity index is 1.20. The molecule has 0 unspecified atom stereocenters. The summed E-state index contributed by atoms with van der Waals surface area (Å²) in [4.78, 5) is 77.8. The fourth-order valence-electron chi connectivity index (χ4n) is 9.82. The first-order valence-electron chi connectivity index (χ1n) is 20.1. The molecule has 0 radical (unpaired) electrons. The maximum absolute atomic E-state index is 15.3.